The fraction of sp³-hybridized carbons (Fsp3) is 0.500. The number of carbonyl (C=O) groups excluding carboxylic acids is 1. The molecule has 0 aliphatic heterocycles. The Morgan fingerprint density at radius 3 is 2.60 bits per heavy atom. The van der Waals surface area contributed by atoms with Gasteiger partial charge in [-0.05, 0) is 0 Å². The second kappa shape index (κ2) is 5.84. The number of amides is 1. The maximum atomic E-state index is 11.9. The molecule has 0 fully saturated rings. The van der Waals surface area contributed by atoms with Crippen LogP contribution in [0.4, 0.5) is 10.3 Å². The highest BCUT2D eigenvalue weighted by Crippen LogP contribution is 2.27. The molecule has 20 heavy (non-hydrogen) atoms. The average Bonchev–Trinajstić information content (AvgIpc) is 2.97. The minimum atomic E-state index is -0.130. The monoisotopic (exact) mass is 311 g/mol. The Morgan fingerprint density at radius 1 is 1.30 bits per heavy atom. The summed E-state index contributed by atoms with van der Waals surface area (Å²) >= 11 is 2.88. The summed E-state index contributed by atoms with van der Waals surface area (Å²) in [5.41, 5.74) is 0.689. The van der Waals surface area contributed by atoms with Gasteiger partial charge in [0.2, 0.25) is 11.0 Å². The summed E-state index contributed by atoms with van der Waals surface area (Å²) < 4.78 is 0. The molecule has 0 aliphatic carbocycles. The van der Waals surface area contributed by atoms with Crippen molar-refractivity contribution in [2.45, 2.75) is 32.6 Å². The van der Waals surface area contributed by atoms with Gasteiger partial charge in [0.1, 0.15) is 5.01 Å². The number of thiazole rings is 1. The molecule has 0 saturated carbocycles. The third kappa shape index (κ3) is 3.73. The van der Waals surface area contributed by atoms with Crippen molar-refractivity contribution in [3.63, 3.8) is 0 Å². The van der Waals surface area contributed by atoms with Crippen LogP contribution < -0.4 is 10.6 Å². The van der Waals surface area contributed by atoms with Crippen molar-refractivity contribution in [3.8, 4) is 0 Å². The predicted molar refractivity (Wildman–Crippen MR) is 82.6 cm³/mol. The van der Waals surface area contributed by atoms with E-state index in [0.717, 1.165) is 15.8 Å². The molecule has 0 radical (unpaired) electrons. The number of hydrogen-bond acceptors (Lipinski definition) is 7. The van der Waals surface area contributed by atoms with E-state index >= 15 is 0 Å². The number of rotatable bonds is 4. The molecule has 0 aliphatic rings. The molecule has 2 heterocycles. The van der Waals surface area contributed by atoms with Crippen molar-refractivity contribution >= 4 is 38.8 Å². The van der Waals surface area contributed by atoms with Gasteiger partial charge in [-0.2, -0.15) is 0 Å². The van der Waals surface area contributed by atoms with Crippen LogP contribution in [0.15, 0.2) is 5.38 Å². The fourth-order valence-electron chi connectivity index (χ4n) is 1.41. The highest BCUT2D eigenvalue weighted by Gasteiger charge is 2.20. The quantitative estimate of drug-likeness (QED) is 0.907. The molecule has 1 amide bonds. The molecule has 6 nitrogen and oxygen atoms in total. The van der Waals surface area contributed by atoms with Crippen molar-refractivity contribution in [2.24, 2.45) is 0 Å². The second-order valence-electron chi connectivity index (χ2n) is 5.28. The summed E-state index contributed by atoms with van der Waals surface area (Å²) in [6.07, 6.45) is 0.239. The lowest BCUT2D eigenvalue weighted by atomic mass is 9.98. The Kier molecular flexibility index (Phi) is 4.34. The second-order valence-corrected chi connectivity index (χ2v) is 7.12. The zero-order valence-electron chi connectivity index (χ0n) is 11.9. The first-order chi connectivity index (χ1) is 9.38. The number of nitrogens with one attached hydrogen (secondary N) is 2. The average molecular weight is 311 g/mol. The Bertz CT molecular complexity index is 599. The molecular formula is C12H17N5OS2. The van der Waals surface area contributed by atoms with Crippen LogP contribution in [0.1, 0.15) is 31.5 Å². The van der Waals surface area contributed by atoms with Crippen molar-refractivity contribution in [1.82, 2.24) is 15.2 Å². The largest absolute Gasteiger partial charge is 0.365 e. The molecule has 0 aromatic carbocycles. The zero-order valence-corrected chi connectivity index (χ0v) is 13.5. The maximum absolute atomic E-state index is 11.9. The first-order valence-corrected chi connectivity index (χ1v) is 7.84. The molecule has 2 N–H and O–H groups in total. The first kappa shape index (κ1) is 14.9. The first-order valence-electron chi connectivity index (χ1n) is 6.14. The van der Waals surface area contributed by atoms with Gasteiger partial charge in [-0.3, -0.25) is 4.79 Å². The Labute approximate surface area is 125 Å². The van der Waals surface area contributed by atoms with E-state index in [1.165, 1.54) is 22.7 Å². The SMILES string of the molecule is CNc1nc(CC(=O)Nc2nnc(C(C)(C)C)s2)cs1. The van der Waals surface area contributed by atoms with Crippen LogP contribution in [0.2, 0.25) is 0 Å². The number of aromatic nitrogens is 3. The molecule has 0 unspecified atom stereocenters. The summed E-state index contributed by atoms with van der Waals surface area (Å²) in [6, 6.07) is 0. The third-order valence-corrected chi connectivity index (χ3v) is 4.59. The normalized spacial score (nSPS) is 11.4. The summed E-state index contributed by atoms with van der Waals surface area (Å²) in [6.45, 7) is 6.19. The van der Waals surface area contributed by atoms with E-state index in [0.29, 0.717) is 5.13 Å². The number of hydrogen-bond donors (Lipinski definition) is 2. The Hall–Kier alpha value is -1.54. The van der Waals surface area contributed by atoms with E-state index < -0.39 is 0 Å². The van der Waals surface area contributed by atoms with E-state index in [9.17, 15) is 4.79 Å². The van der Waals surface area contributed by atoms with Crippen LogP contribution in [0.3, 0.4) is 0 Å². The van der Waals surface area contributed by atoms with Crippen molar-refractivity contribution in [1.29, 1.82) is 0 Å². The van der Waals surface area contributed by atoms with Gasteiger partial charge in [0, 0.05) is 17.8 Å². The van der Waals surface area contributed by atoms with Gasteiger partial charge in [-0.1, -0.05) is 32.1 Å². The summed E-state index contributed by atoms with van der Waals surface area (Å²) in [5.74, 6) is -0.130. The van der Waals surface area contributed by atoms with Crippen LogP contribution in [-0.4, -0.2) is 28.1 Å². The standard InChI is InChI=1S/C12H17N5OS2/c1-12(2,3)9-16-17-11(20-9)15-8(18)5-7-6-19-10(13-4)14-7/h6H,5H2,1-4H3,(H,13,14)(H,15,17,18). The van der Waals surface area contributed by atoms with E-state index in [2.05, 4.69) is 46.6 Å². The lowest BCUT2D eigenvalue weighted by Crippen LogP contribution is -2.14. The minimum absolute atomic E-state index is 0.0583. The zero-order chi connectivity index (χ0) is 14.8. The van der Waals surface area contributed by atoms with Gasteiger partial charge in [0.05, 0.1) is 12.1 Å². The van der Waals surface area contributed by atoms with Gasteiger partial charge in [-0.25, -0.2) is 4.98 Å². The lowest BCUT2D eigenvalue weighted by Gasteiger charge is -2.12. The molecule has 108 valence electrons. The van der Waals surface area contributed by atoms with Gasteiger partial charge >= 0.3 is 0 Å². The number of nitrogens with zero attached hydrogens (tertiary/aromatic N) is 3. The maximum Gasteiger partial charge on any atom is 0.232 e. The Morgan fingerprint density at radius 2 is 2.05 bits per heavy atom. The molecule has 0 atom stereocenters. The van der Waals surface area contributed by atoms with Gasteiger partial charge in [0.15, 0.2) is 5.13 Å². The highest BCUT2D eigenvalue weighted by molar-refractivity contribution is 7.15. The number of carbonyl (C=O) groups is 1. The van der Waals surface area contributed by atoms with Crippen molar-refractivity contribution < 1.29 is 4.79 Å². The van der Waals surface area contributed by atoms with Crippen LogP contribution in [0, 0.1) is 0 Å². The molecule has 2 aromatic heterocycles. The minimum Gasteiger partial charge on any atom is -0.365 e. The molecule has 2 rings (SSSR count). The van der Waals surface area contributed by atoms with Gasteiger partial charge < -0.3 is 10.6 Å². The van der Waals surface area contributed by atoms with Crippen LogP contribution >= 0.6 is 22.7 Å². The summed E-state index contributed by atoms with van der Waals surface area (Å²) in [5, 5.41) is 17.9. The molecule has 0 saturated heterocycles. The summed E-state index contributed by atoms with van der Waals surface area (Å²) in [7, 11) is 1.80. The van der Waals surface area contributed by atoms with Crippen molar-refractivity contribution in [3.05, 3.63) is 16.1 Å². The van der Waals surface area contributed by atoms with E-state index in [1.54, 1.807) is 7.05 Å². The third-order valence-electron chi connectivity index (χ3n) is 2.42. The van der Waals surface area contributed by atoms with Crippen LogP contribution in [-0.2, 0) is 16.6 Å². The molecule has 8 heteroatoms. The molecule has 2 aromatic rings. The van der Waals surface area contributed by atoms with E-state index in [1.807, 2.05) is 5.38 Å². The summed E-state index contributed by atoms with van der Waals surface area (Å²) in [4.78, 5) is 16.2. The molecular weight excluding hydrogens is 294 g/mol. The Balaban J connectivity index is 1.96. The smallest absolute Gasteiger partial charge is 0.232 e. The van der Waals surface area contributed by atoms with Crippen molar-refractivity contribution in [2.75, 3.05) is 17.7 Å². The number of anilines is 2. The van der Waals surface area contributed by atoms with Crippen LogP contribution in [0.5, 0.6) is 0 Å². The predicted octanol–water partition coefficient (Wildman–Crippen LogP) is 2.52. The molecule has 0 bridgehead atoms. The fourth-order valence-corrected chi connectivity index (χ4v) is 2.90. The van der Waals surface area contributed by atoms with E-state index in [-0.39, 0.29) is 17.7 Å². The topological polar surface area (TPSA) is 79.8 Å². The van der Waals surface area contributed by atoms with E-state index in [4.69, 9.17) is 0 Å². The van der Waals surface area contributed by atoms with Gasteiger partial charge in [0.25, 0.3) is 0 Å². The highest BCUT2D eigenvalue weighted by atomic mass is 32.1. The lowest BCUT2D eigenvalue weighted by molar-refractivity contribution is -0.115. The molecule has 0 spiro atoms. The van der Waals surface area contributed by atoms with Gasteiger partial charge in [-0.15, -0.1) is 21.5 Å². The van der Waals surface area contributed by atoms with Crippen LogP contribution in [0.25, 0.3) is 0 Å².